The first-order chi connectivity index (χ1) is 9.88. The number of nitro groups is 1. The van der Waals surface area contributed by atoms with Gasteiger partial charge in [-0.1, -0.05) is 12.1 Å². The summed E-state index contributed by atoms with van der Waals surface area (Å²) in [5, 5.41) is 20.3. The van der Waals surface area contributed by atoms with E-state index >= 15 is 0 Å². The van der Waals surface area contributed by atoms with Crippen molar-refractivity contribution in [3.8, 4) is 0 Å². The van der Waals surface area contributed by atoms with Crippen LogP contribution in [0.4, 0.5) is 5.69 Å². The molecule has 0 aliphatic carbocycles. The molecule has 0 aromatic heterocycles. The van der Waals surface area contributed by atoms with E-state index in [1.54, 1.807) is 6.07 Å². The molecule has 114 valence electrons. The molecule has 2 atom stereocenters. The van der Waals surface area contributed by atoms with Gasteiger partial charge < -0.3 is 9.84 Å². The molecular weight excluding hydrogens is 276 g/mol. The van der Waals surface area contributed by atoms with Crippen LogP contribution in [0.25, 0.3) is 0 Å². The fourth-order valence-corrected chi connectivity index (χ4v) is 2.77. The SMILES string of the molecule is CC1CN(Cc2cccc([N+](=O)[O-])c2C(=O)O)CC(C)O1. The van der Waals surface area contributed by atoms with Crippen molar-refractivity contribution in [1.29, 1.82) is 0 Å². The summed E-state index contributed by atoms with van der Waals surface area (Å²) >= 11 is 0. The van der Waals surface area contributed by atoms with Gasteiger partial charge in [-0.3, -0.25) is 15.0 Å². The fraction of sp³-hybridized carbons (Fsp3) is 0.500. The van der Waals surface area contributed by atoms with Crippen LogP contribution in [0.2, 0.25) is 0 Å². The Labute approximate surface area is 122 Å². The summed E-state index contributed by atoms with van der Waals surface area (Å²) in [7, 11) is 0. The van der Waals surface area contributed by atoms with E-state index in [9.17, 15) is 20.0 Å². The van der Waals surface area contributed by atoms with E-state index in [-0.39, 0.29) is 23.5 Å². The van der Waals surface area contributed by atoms with Gasteiger partial charge in [0.2, 0.25) is 0 Å². The van der Waals surface area contributed by atoms with Crippen LogP contribution >= 0.6 is 0 Å². The summed E-state index contributed by atoms with van der Waals surface area (Å²) in [4.78, 5) is 23.8. The van der Waals surface area contributed by atoms with Crippen molar-refractivity contribution in [3.63, 3.8) is 0 Å². The highest BCUT2D eigenvalue weighted by atomic mass is 16.6. The molecule has 2 rings (SSSR count). The smallest absolute Gasteiger partial charge is 0.343 e. The lowest BCUT2D eigenvalue weighted by molar-refractivity contribution is -0.385. The van der Waals surface area contributed by atoms with Gasteiger partial charge in [-0.25, -0.2) is 4.79 Å². The highest BCUT2D eigenvalue weighted by molar-refractivity contribution is 5.94. The lowest BCUT2D eigenvalue weighted by Gasteiger charge is -2.35. The van der Waals surface area contributed by atoms with E-state index < -0.39 is 10.9 Å². The van der Waals surface area contributed by atoms with Gasteiger partial charge in [-0.2, -0.15) is 0 Å². The Bertz CT molecular complexity index is 550. The third kappa shape index (κ3) is 3.56. The predicted octanol–water partition coefficient (Wildman–Crippen LogP) is 1.90. The van der Waals surface area contributed by atoms with E-state index in [1.807, 2.05) is 13.8 Å². The predicted molar refractivity (Wildman–Crippen MR) is 75.3 cm³/mol. The van der Waals surface area contributed by atoms with Crippen molar-refractivity contribution in [2.75, 3.05) is 13.1 Å². The Morgan fingerprint density at radius 1 is 1.43 bits per heavy atom. The van der Waals surface area contributed by atoms with Crippen molar-refractivity contribution in [1.82, 2.24) is 4.90 Å². The van der Waals surface area contributed by atoms with Gasteiger partial charge >= 0.3 is 5.97 Å². The van der Waals surface area contributed by atoms with Gasteiger partial charge in [0.15, 0.2) is 0 Å². The van der Waals surface area contributed by atoms with Crippen LogP contribution < -0.4 is 0 Å². The molecule has 0 bridgehead atoms. The van der Waals surface area contributed by atoms with E-state index in [2.05, 4.69) is 4.90 Å². The largest absolute Gasteiger partial charge is 0.477 e. The number of hydrogen-bond donors (Lipinski definition) is 1. The van der Waals surface area contributed by atoms with Crippen LogP contribution in [0.15, 0.2) is 18.2 Å². The molecule has 7 nitrogen and oxygen atoms in total. The quantitative estimate of drug-likeness (QED) is 0.673. The molecule has 1 fully saturated rings. The van der Waals surface area contributed by atoms with Crippen molar-refractivity contribution in [2.24, 2.45) is 0 Å². The number of carboxylic acids is 1. The molecule has 2 unspecified atom stereocenters. The highest BCUT2D eigenvalue weighted by Crippen LogP contribution is 2.24. The molecule has 0 saturated carbocycles. The number of carbonyl (C=O) groups is 1. The summed E-state index contributed by atoms with van der Waals surface area (Å²) in [6.07, 6.45) is 0.112. The van der Waals surface area contributed by atoms with Crippen LogP contribution in [-0.2, 0) is 11.3 Å². The molecule has 0 spiro atoms. The Morgan fingerprint density at radius 3 is 2.57 bits per heavy atom. The van der Waals surface area contributed by atoms with Crippen molar-refractivity contribution >= 4 is 11.7 Å². The van der Waals surface area contributed by atoms with Gasteiger partial charge in [-0.05, 0) is 19.4 Å². The summed E-state index contributed by atoms with van der Waals surface area (Å²) in [6, 6.07) is 4.37. The molecule has 1 aromatic rings. The maximum atomic E-state index is 11.4. The number of ether oxygens (including phenoxy) is 1. The van der Waals surface area contributed by atoms with E-state index in [1.165, 1.54) is 12.1 Å². The Hall–Kier alpha value is -1.99. The number of benzene rings is 1. The second-order valence-corrected chi connectivity index (χ2v) is 5.32. The summed E-state index contributed by atoms with van der Waals surface area (Å²) in [6.45, 7) is 5.61. The minimum absolute atomic E-state index is 0.0562. The van der Waals surface area contributed by atoms with Gasteiger partial charge in [0.25, 0.3) is 5.69 Å². The first-order valence-corrected chi connectivity index (χ1v) is 6.76. The maximum Gasteiger partial charge on any atom is 0.343 e. The van der Waals surface area contributed by atoms with Crippen LogP contribution in [0.5, 0.6) is 0 Å². The minimum atomic E-state index is -1.27. The highest BCUT2D eigenvalue weighted by Gasteiger charge is 2.27. The first-order valence-electron chi connectivity index (χ1n) is 6.76. The normalized spacial score (nSPS) is 23.0. The molecule has 0 amide bonds. The number of aromatic carboxylic acids is 1. The van der Waals surface area contributed by atoms with Gasteiger partial charge in [0, 0.05) is 25.7 Å². The van der Waals surface area contributed by atoms with E-state index in [0.29, 0.717) is 25.2 Å². The topological polar surface area (TPSA) is 92.9 Å². The molecule has 21 heavy (non-hydrogen) atoms. The van der Waals surface area contributed by atoms with Crippen LogP contribution in [-0.4, -0.2) is 46.2 Å². The van der Waals surface area contributed by atoms with Crippen LogP contribution in [0.1, 0.15) is 29.8 Å². The molecule has 1 N–H and O–H groups in total. The Morgan fingerprint density at radius 2 is 2.05 bits per heavy atom. The number of hydrogen-bond acceptors (Lipinski definition) is 5. The standard InChI is InChI=1S/C14H18N2O5/c1-9-6-15(7-10(2)21-9)8-11-4-3-5-12(16(19)20)13(11)14(17)18/h3-5,9-10H,6-8H2,1-2H3,(H,17,18). The van der Waals surface area contributed by atoms with Crippen molar-refractivity contribution < 1.29 is 19.6 Å². The molecular formula is C14H18N2O5. The molecule has 1 aromatic carbocycles. The van der Waals surface area contributed by atoms with Gasteiger partial charge in [-0.15, -0.1) is 0 Å². The number of morpholine rings is 1. The van der Waals surface area contributed by atoms with E-state index in [4.69, 9.17) is 4.74 Å². The van der Waals surface area contributed by atoms with Crippen LogP contribution in [0.3, 0.4) is 0 Å². The van der Waals surface area contributed by atoms with Gasteiger partial charge in [0.1, 0.15) is 5.56 Å². The molecule has 7 heteroatoms. The average molecular weight is 294 g/mol. The van der Waals surface area contributed by atoms with Crippen molar-refractivity contribution in [2.45, 2.75) is 32.6 Å². The Kier molecular flexibility index (Phi) is 4.54. The summed E-state index contributed by atoms with van der Waals surface area (Å²) in [5.74, 6) is -1.27. The molecule has 1 heterocycles. The second-order valence-electron chi connectivity index (χ2n) is 5.32. The monoisotopic (exact) mass is 294 g/mol. The average Bonchev–Trinajstić information content (AvgIpc) is 2.36. The number of rotatable bonds is 4. The molecule has 1 aliphatic heterocycles. The molecule has 1 saturated heterocycles. The zero-order valence-corrected chi connectivity index (χ0v) is 12.0. The van der Waals surface area contributed by atoms with Gasteiger partial charge in [0.05, 0.1) is 17.1 Å². The minimum Gasteiger partial charge on any atom is -0.477 e. The number of carboxylic acid groups (broad SMARTS) is 1. The first kappa shape index (κ1) is 15.4. The zero-order valence-electron chi connectivity index (χ0n) is 12.0. The summed E-state index contributed by atoms with van der Waals surface area (Å²) < 4.78 is 5.63. The number of nitrogens with zero attached hydrogens (tertiary/aromatic N) is 2. The van der Waals surface area contributed by atoms with Crippen LogP contribution in [0, 0.1) is 10.1 Å². The zero-order chi connectivity index (χ0) is 15.6. The van der Waals surface area contributed by atoms with E-state index in [0.717, 1.165) is 0 Å². The fourth-order valence-electron chi connectivity index (χ4n) is 2.77. The lowest BCUT2D eigenvalue weighted by atomic mass is 10.0. The molecule has 0 radical (unpaired) electrons. The molecule has 1 aliphatic rings. The third-order valence-corrected chi connectivity index (χ3v) is 3.43. The summed E-state index contributed by atoms with van der Waals surface area (Å²) in [5.41, 5.74) is -0.137. The second kappa shape index (κ2) is 6.19. The lowest BCUT2D eigenvalue weighted by Crippen LogP contribution is -2.45. The third-order valence-electron chi connectivity index (χ3n) is 3.43. The maximum absolute atomic E-state index is 11.4. The van der Waals surface area contributed by atoms with Crippen molar-refractivity contribution in [3.05, 3.63) is 39.4 Å². The Balaban J connectivity index is 2.29. The number of nitro benzene ring substituents is 1.